The number of rotatable bonds is 6. The average molecular weight is 274 g/mol. The second kappa shape index (κ2) is 7.13. The van der Waals surface area contributed by atoms with E-state index < -0.39 is 11.7 Å². The molecular weight excluding hydrogens is 257 g/mol. The van der Waals surface area contributed by atoms with Crippen molar-refractivity contribution in [2.24, 2.45) is 0 Å². The molecule has 0 bridgehead atoms. The summed E-state index contributed by atoms with van der Waals surface area (Å²) in [5, 5.41) is 5.48. The first-order valence-electron chi connectivity index (χ1n) is 6.07. The zero-order chi connectivity index (χ0) is 14.3. The fourth-order valence-electron chi connectivity index (χ4n) is 1.50. The van der Waals surface area contributed by atoms with Gasteiger partial charge >= 0.3 is 6.18 Å². The van der Waals surface area contributed by atoms with E-state index in [0.29, 0.717) is 12.1 Å². The van der Waals surface area contributed by atoms with Crippen LogP contribution in [-0.2, 0) is 17.5 Å². The molecule has 1 rings (SSSR count). The van der Waals surface area contributed by atoms with Gasteiger partial charge in [0.2, 0.25) is 5.91 Å². The zero-order valence-electron chi connectivity index (χ0n) is 10.7. The Labute approximate surface area is 110 Å². The second-order valence-corrected chi connectivity index (χ2v) is 4.15. The molecule has 1 aromatic rings. The minimum atomic E-state index is -4.34. The van der Waals surface area contributed by atoms with Crippen molar-refractivity contribution in [3.63, 3.8) is 0 Å². The van der Waals surface area contributed by atoms with Crippen LogP contribution < -0.4 is 10.6 Å². The standard InChI is InChI=1S/C13H17F3N2O/c1-2-6-18-12(19)9-17-8-10-4-3-5-11(7-10)13(14,15)16/h3-5,7,17H,2,6,8-9H2,1H3,(H,18,19). The van der Waals surface area contributed by atoms with Crippen LogP contribution in [0.2, 0.25) is 0 Å². The third kappa shape index (κ3) is 5.74. The maximum atomic E-state index is 12.5. The molecule has 2 N–H and O–H groups in total. The number of amides is 1. The number of halogens is 3. The lowest BCUT2D eigenvalue weighted by molar-refractivity contribution is -0.137. The molecule has 0 heterocycles. The third-order valence-corrected chi connectivity index (χ3v) is 2.44. The Bertz CT molecular complexity index is 419. The first-order valence-corrected chi connectivity index (χ1v) is 6.07. The van der Waals surface area contributed by atoms with Crippen LogP contribution in [0.3, 0.4) is 0 Å². The highest BCUT2D eigenvalue weighted by Gasteiger charge is 2.30. The van der Waals surface area contributed by atoms with E-state index in [4.69, 9.17) is 0 Å². The molecule has 19 heavy (non-hydrogen) atoms. The molecule has 0 aliphatic rings. The molecule has 106 valence electrons. The van der Waals surface area contributed by atoms with Crippen molar-refractivity contribution in [2.75, 3.05) is 13.1 Å². The number of carbonyl (C=O) groups excluding carboxylic acids is 1. The average Bonchev–Trinajstić information content (AvgIpc) is 2.36. The molecule has 0 aliphatic carbocycles. The van der Waals surface area contributed by atoms with E-state index in [1.807, 2.05) is 6.92 Å². The van der Waals surface area contributed by atoms with E-state index >= 15 is 0 Å². The highest BCUT2D eigenvalue weighted by Crippen LogP contribution is 2.29. The first kappa shape index (κ1) is 15.5. The Morgan fingerprint density at radius 3 is 2.68 bits per heavy atom. The van der Waals surface area contributed by atoms with Crippen LogP contribution >= 0.6 is 0 Å². The Hall–Kier alpha value is -1.56. The number of alkyl halides is 3. The van der Waals surface area contributed by atoms with Gasteiger partial charge in [-0.2, -0.15) is 13.2 Å². The predicted molar refractivity (Wildman–Crippen MR) is 66.5 cm³/mol. The SMILES string of the molecule is CCCNC(=O)CNCc1cccc(C(F)(F)F)c1. The lowest BCUT2D eigenvalue weighted by Gasteiger charge is -2.09. The first-order chi connectivity index (χ1) is 8.93. The number of hydrogen-bond donors (Lipinski definition) is 2. The highest BCUT2D eigenvalue weighted by atomic mass is 19.4. The van der Waals surface area contributed by atoms with Crippen LogP contribution in [0.15, 0.2) is 24.3 Å². The predicted octanol–water partition coefficient (Wildman–Crippen LogP) is 2.32. The van der Waals surface area contributed by atoms with E-state index in [2.05, 4.69) is 10.6 Å². The molecule has 0 fully saturated rings. The number of hydrogen-bond acceptors (Lipinski definition) is 2. The van der Waals surface area contributed by atoms with Crippen LogP contribution in [0.1, 0.15) is 24.5 Å². The van der Waals surface area contributed by atoms with Gasteiger partial charge in [0.25, 0.3) is 0 Å². The van der Waals surface area contributed by atoms with Crippen molar-refractivity contribution in [1.82, 2.24) is 10.6 Å². The van der Waals surface area contributed by atoms with Gasteiger partial charge in [0, 0.05) is 13.1 Å². The molecule has 0 atom stereocenters. The summed E-state index contributed by atoms with van der Waals surface area (Å²) in [4.78, 5) is 11.3. The second-order valence-electron chi connectivity index (χ2n) is 4.15. The summed E-state index contributed by atoms with van der Waals surface area (Å²) < 4.78 is 37.4. The largest absolute Gasteiger partial charge is 0.416 e. The summed E-state index contributed by atoms with van der Waals surface area (Å²) in [6, 6.07) is 5.05. The summed E-state index contributed by atoms with van der Waals surface area (Å²) in [5.41, 5.74) is -0.180. The summed E-state index contributed by atoms with van der Waals surface area (Å²) in [6.45, 7) is 2.86. The third-order valence-electron chi connectivity index (χ3n) is 2.44. The molecule has 0 radical (unpaired) electrons. The van der Waals surface area contributed by atoms with Crippen molar-refractivity contribution in [1.29, 1.82) is 0 Å². The quantitative estimate of drug-likeness (QED) is 0.836. The number of nitrogens with one attached hydrogen (secondary N) is 2. The monoisotopic (exact) mass is 274 g/mol. The molecule has 0 aromatic heterocycles. The zero-order valence-corrected chi connectivity index (χ0v) is 10.7. The normalized spacial score (nSPS) is 11.4. The van der Waals surface area contributed by atoms with E-state index in [1.165, 1.54) is 6.07 Å². The molecular formula is C13H17F3N2O. The van der Waals surface area contributed by atoms with Crippen molar-refractivity contribution in [3.05, 3.63) is 35.4 Å². The Balaban J connectivity index is 2.44. The van der Waals surface area contributed by atoms with Gasteiger partial charge < -0.3 is 10.6 Å². The maximum Gasteiger partial charge on any atom is 0.416 e. The van der Waals surface area contributed by atoms with Crippen molar-refractivity contribution in [2.45, 2.75) is 26.1 Å². The number of carbonyl (C=O) groups is 1. The minimum absolute atomic E-state index is 0.0935. The number of benzene rings is 1. The van der Waals surface area contributed by atoms with Gasteiger partial charge in [-0.05, 0) is 18.1 Å². The van der Waals surface area contributed by atoms with Gasteiger partial charge in [-0.1, -0.05) is 25.1 Å². The molecule has 1 amide bonds. The van der Waals surface area contributed by atoms with Crippen LogP contribution in [0.4, 0.5) is 13.2 Å². The van der Waals surface area contributed by atoms with E-state index in [0.717, 1.165) is 18.6 Å². The highest BCUT2D eigenvalue weighted by molar-refractivity contribution is 5.77. The molecule has 6 heteroatoms. The fourth-order valence-corrected chi connectivity index (χ4v) is 1.50. The van der Waals surface area contributed by atoms with Gasteiger partial charge in [-0.3, -0.25) is 4.79 Å². The van der Waals surface area contributed by atoms with Crippen LogP contribution in [0, 0.1) is 0 Å². The van der Waals surface area contributed by atoms with Crippen molar-refractivity contribution >= 4 is 5.91 Å². The summed E-state index contributed by atoms with van der Waals surface area (Å²) in [7, 11) is 0. The molecule has 3 nitrogen and oxygen atoms in total. The topological polar surface area (TPSA) is 41.1 Å². The van der Waals surface area contributed by atoms with Crippen molar-refractivity contribution < 1.29 is 18.0 Å². The van der Waals surface area contributed by atoms with E-state index in [9.17, 15) is 18.0 Å². The molecule has 1 aromatic carbocycles. The smallest absolute Gasteiger partial charge is 0.355 e. The van der Waals surface area contributed by atoms with Crippen LogP contribution in [0.5, 0.6) is 0 Å². The molecule has 0 aliphatic heterocycles. The lowest BCUT2D eigenvalue weighted by Crippen LogP contribution is -2.33. The summed E-state index contributed by atoms with van der Waals surface area (Å²) in [6.07, 6.45) is -3.49. The van der Waals surface area contributed by atoms with Gasteiger partial charge in [-0.25, -0.2) is 0 Å². The van der Waals surface area contributed by atoms with Gasteiger partial charge in [0.1, 0.15) is 0 Å². The molecule has 0 unspecified atom stereocenters. The molecule has 0 saturated heterocycles. The van der Waals surface area contributed by atoms with Crippen LogP contribution in [0.25, 0.3) is 0 Å². The fraction of sp³-hybridized carbons (Fsp3) is 0.462. The maximum absolute atomic E-state index is 12.5. The van der Waals surface area contributed by atoms with Gasteiger partial charge in [0.05, 0.1) is 12.1 Å². The lowest BCUT2D eigenvalue weighted by atomic mass is 10.1. The Kier molecular flexibility index (Phi) is 5.82. The van der Waals surface area contributed by atoms with Gasteiger partial charge in [0.15, 0.2) is 0 Å². The summed E-state index contributed by atoms with van der Waals surface area (Å²) >= 11 is 0. The Morgan fingerprint density at radius 2 is 2.05 bits per heavy atom. The molecule has 0 spiro atoms. The van der Waals surface area contributed by atoms with Crippen molar-refractivity contribution in [3.8, 4) is 0 Å². The summed E-state index contributed by atoms with van der Waals surface area (Å²) in [5.74, 6) is -0.158. The van der Waals surface area contributed by atoms with E-state index in [1.54, 1.807) is 6.07 Å². The minimum Gasteiger partial charge on any atom is -0.355 e. The van der Waals surface area contributed by atoms with Gasteiger partial charge in [-0.15, -0.1) is 0 Å². The molecule has 0 saturated carbocycles. The Morgan fingerprint density at radius 1 is 1.32 bits per heavy atom. The van der Waals surface area contributed by atoms with E-state index in [-0.39, 0.29) is 19.0 Å². The van der Waals surface area contributed by atoms with Crippen LogP contribution in [-0.4, -0.2) is 19.0 Å².